The number of piperidine rings is 1. The third-order valence-corrected chi connectivity index (χ3v) is 4.19. The van der Waals surface area contributed by atoms with Crippen molar-refractivity contribution in [3.63, 3.8) is 0 Å². The Labute approximate surface area is 131 Å². The second-order valence-electron chi connectivity index (χ2n) is 5.84. The molecule has 2 rings (SSSR count). The second kappa shape index (κ2) is 6.74. The first kappa shape index (κ1) is 17.5. The molecule has 1 aromatic rings. The molecule has 1 amide bonds. The van der Waals surface area contributed by atoms with Crippen LogP contribution in [0.1, 0.15) is 25.3 Å². The highest BCUT2D eigenvalue weighted by Crippen LogP contribution is 2.28. The molecule has 8 heteroatoms. The van der Waals surface area contributed by atoms with Crippen LogP contribution in [0, 0.1) is 5.92 Å². The summed E-state index contributed by atoms with van der Waals surface area (Å²) in [5.41, 5.74) is -1.61. The van der Waals surface area contributed by atoms with Gasteiger partial charge in [-0.1, -0.05) is 0 Å². The van der Waals surface area contributed by atoms with Crippen molar-refractivity contribution in [2.75, 3.05) is 13.1 Å². The van der Waals surface area contributed by atoms with Gasteiger partial charge in [0.05, 0.1) is 11.7 Å². The zero-order valence-electron chi connectivity index (χ0n) is 12.7. The zero-order valence-corrected chi connectivity index (χ0v) is 12.7. The van der Waals surface area contributed by atoms with Gasteiger partial charge in [-0.05, 0) is 31.7 Å². The molecule has 1 aliphatic heterocycles. The molecule has 1 aliphatic rings. The molecule has 0 aliphatic carbocycles. The average Bonchev–Trinajstić information content (AvgIpc) is 2.48. The quantitative estimate of drug-likeness (QED) is 0.912. The van der Waals surface area contributed by atoms with E-state index in [9.17, 15) is 27.9 Å². The minimum absolute atomic E-state index is 0.121. The number of carbonyl (C=O) groups is 1. The molecular weight excluding hydrogens is 313 g/mol. The van der Waals surface area contributed by atoms with Gasteiger partial charge in [0.25, 0.3) is 5.56 Å². The summed E-state index contributed by atoms with van der Waals surface area (Å²) in [6, 6.07) is 1.52. The second-order valence-corrected chi connectivity index (χ2v) is 5.84. The van der Waals surface area contributed by atoms with Crippen LogP contribution in [0.15, 0.2) is 23.1 Å². The summed E-state index contributed by atoms with van der Waals surface area (Å²) in [6.07, 6.45) is -3.06. The van der Waals surface area contributed by atoms with E-state index in [1.54, 1.807) is 6.92 Å². The van der Waals surface area contributed by atoms with Gasteiger partial charge in [0, 0.05) is 25.4 Å². The molecule has 23 heavy (non-hydrogen) atoms. The minimum Gasteiger partial charge on any atom is -0.393 e. The summed E-state index contributed by atoms with van der Waals surface area (Å²) >= 11 is 0. The van der Waals surface area contributed by atoms with Crippen LogP contribution < -0.4 is 5.56 Å². The lowest BCUT2D eigenvalue weighted by atomic mass is 9.92. The van der Waals surface area contributed by atoms with Gasteiger partial charge >= 0.3 is 6.18 Å². The van der Waals surface area contributed by atoms with Crippen molar-refractivity contribution in [3.8, 4) is 0 Å². The Bertz CT molecular complexity index is 617. The molecular formula is C15H19F3N2O3. The van der Waals surface area contributed by atoms with E-state index in [0.29, 0.717) is 38.2 Å². The number of pyridine rings is 1. The summed E-state index contributed by atoms with van der Waals surface area (Å²) in [5.74, 6) is -0.272. The number of alkyl halides is 3. The Morgan fingerprint density at radius 3 is 2.48 bits per heavy atom. The Kier molecular flexibility index (Phi) is 5.13. The van der Waals surface area contributed by atoms with E-state index in [1.807, 2.05) is 0 Å². The monoisotopic (exact) mass is 332 g/mol. The number of rotatable bonds is 3. The molecule has 1 saturated heterocycles. The number of halogens is 3. The molecule has 0 radical (unpaired) electrons. The van der Waals surface area contributed by atoms with E-state index >= 15 is 0 Å². The number of hydrogen-bond acceptors (Lipinski definition) is 3. The molecule has 0 saturated carbocycles. The van der Waals surface area contributed by atoms with Gasteiger partial charge in [-0.15, -0.1) is 0 Å². The predicted molar refractivity (Wildman–Crippen MR) is 76.7 cm³/mol. The SMILES string of the molecule is CC(O)C1CCN(C(=O)Cn2cc(C(F)(F)F)ccc2=O)CC1. The van der Waals surface area contributed by atoms with Crippen molar-refractivity contribution < 1.29 is 23.1 Å². The maximum atomic E-state index is 12.7. The molecule has 0 spiro atoms. The lowest BCUT2D eigenvalue weighted by Crippen LogP contribution is -2.43. The fourth-order valence-electron chi connectivity index (χ4n) is 2.70. The number of aliphatic hydroxyl groups excluding tert-OH is 1. The Hall–Kier alpha value is -1.83. The molecule has 2 heterocycles. The Morgan fingerprint density at radius 1 is 1.35 bits per heavy atom. The number of nitrogens with zero attached hydrogens (tertiary/aromatic N) is 2. The predicted octanol–water partition coefficient (Wildman–Crippen LogP) is 1.49. The maximum absolute atomic E-state index is 12.7. The number of aliphatic hydroxyl groups is 1. The van der Waals surface area contributed by atoms with Crippen LogP contribution in [0.2, 0.25) is 0 Å². The third-order valence-electron chi connectivity index (χ3n) is 4.19. The van der Waals surface area contributed by atoms with Gasteiger partial charge in [0.1, 0.15) is 6.54 Å². The van der Waals surface area contributed by atoms with Crippen molar-refractivity contribution in [1.82, 2.24) is 9.47 Å². The van der Waals surface area contributed by atoms with Crippen molar-refractivity contribution in [1.29, 1.82) is 0 Å². The summed E-state index contributed by atoms with van der Waals surface area (Å²) < 4.78 is 38.8. The number of amides is 1. The largest absolute Gasteiger partial charge is 0.417 e. The van der Waals surface area contributed by atoms with Gasteiger partial charge < -0.3 is 14.6 Å². The summed E-state index contributed by atoms with van der Waals surface area (Å²) in [4.78, 5) is 25.3. The fraction of sp³-hybridized carbons (Fsp3) is 0.600. The number of likely N-dealkylation sites (tertiary alicyclic amines) is 1. The first-order valence-corrected chi connectivity index (χ1v) is 7.42. The molecule has 1 unspecified atom stereocenters. The lowest BCUT2D eigenvalue weighted by Gasteiger charge is -2.33. The fourth-order valence-corrected chi connectivity index (χ4v) is 2.70. The maximum Gasteiger partial charge on any atom is 0.417 e. The van der Waals surface area contributed by atoms with E-state index in [1.165, 1.54) is 4.90 Å². The molecule has 1 atom stereocenters. The highest BCUT2D eigenvalue weighted by molar-refractivity contribution is 5.76. The van der Waals surface area contributed by atoms with Gasteiger partial charge in [0.2, 0.25) is 5.91 Å². The molecule has 1 fully saturated rings. The highest BCUT2D eigenvalue weighted by atomic mass is 19.4. The van der Waals surface area contributed by atoms with Crippen LogP contribution in [0.5, 0.6) is 0 Å². The Morgan fingerprint density at radius 2 is 1.96 bits per heavy atom. The van der Waals surface area contributed by atoms with Gasteiger partial charge in [0.15, 0.2) is 0 Å². The van der Waals surface area contributed by atoms with Gasteiger partial charge in [-0.25, -0.2) is 0 Å². The van der Waals surface area contributed by atoms with Crippen molar-refractivity contribution in [3.05, 3.63) is 34.2 Å². The molecule has 128 valence electrons. The first-order chi connectivity index (χ1) is 10.7. The highest BCUT2D eigenvalue weighted by Gasteiger charge is 2.31. The number of aromatic nitrogens is 1. The van der Waals surface area contributed by atoms with Crippen molar-refractivity contribution in [2.45, 2.75) is 38.6 Å². The minimum atomic E-state index is -4.56. The van der Waals surface area contributed by atoms with Crippen molar-refractivity contribution >= 4 is 5.91 Å². The van der Waals surface area contributed by atoms with Crippen LogP contribution >= 0.6 is 0 Å². The van der Waals surface area contributed by atoms with E-state index < -0.39 is 35.9 Å². The summed E-state index contributed by atoms with van der Waals surface area (Å²) in [5, 5.41) is 9.52. The normalized spacial score (nSPS) is 18.0. The van der Waals surface area contributed by atoms with E-state index in [-0.39, 0.29) is 5.92 Å². The summed E-state index contributed by atoms with van der Waals surface area (Å²) in [7, 11) is 0. The van der Waals surface area contributed by atoms with Crippen molar-refractivity contribution in [2.24, 2.45) is 5.92 Å². The van der Waals surface area contributed by atoms with Crippen LogP contribution in [0.4, 0.5) is 13.2 Å². The van der Waals surface area contributed by atoms with E-state index in [0.717, 1.165) is 10.6 Å². The van der Waals surface area contributed by atoms with Crippen LogP contribution in [0.25, 0.3) is 0 Å². The van der Waals surface area contributed by atoms with Crippen LogP contribution in [-0.2, 0) is 17.5 Å². The van der Waals surface area contributed by atoms with E-state index in [4.69, 9.17) is 0 Å². The zero-order chi connectivity index (χ0) is 17.2. The van der Waals surface area contributed by atoms with Gasteiger partial charge in [-0.2, -0.15) is 13.2 Å². The topological polar surface area (TPSA) is 62.5 Å². The van der Waals surface area contributed by atoms with Crippen LogP contribution in [-0.4, -0.2) is 39.7 Å². The third kappa shape index (κ3) is 4.34. The number of hydrogen-bond donors (Lipinski definition) is 1. The Balaban J connectivity index is 2.05. The smallest absolute Gasteiger partial charge is 0.393 e. The number of carbonyl (C=O) groups excluding carboxylic acids is 1. The first-order valence-electron chi connectivity index (χ1n) is 7.42. The molecule has 1 N–H and O–H groups in total. The molecule has 5 nitrogen and oxygen atoms in total. The molecule has 1 aromatic heterocycles. The van der Waals surface area contributed by atoms with Gasteiger partial charge in [-0.3, -0.25) is 9.59 Å². The average molecular weight is 332 g/mol. The van der Waals surface area contributed by atoms with E-state index in [2.05, 4.69) is 0 Å². The standard InChI is InChI=1S/C15H19F3N2O3/c1-10(21)11-4-6-19(7-5-11)14(23)9-20-8-12(15(16,17)18)2-3-13(20)22/h2-3,8,10-11,21H,4-7,9H2,1H3. The molecule has 0 aromatic carbocycles. The summed E-state index contributed by atoms with van der Waals surface area (Å²) in [6.45, 7) is 2.15. The van der Waals surface area contributed by atoms with Crippen LogP contribution in [0.3, 0.4) is 0 Å². The molecule has 0 bridgehead atoms. The lowest BCUT2D eigenvalue weighted by molar-refractivity contribution is -0.139.